The highest BCUT2D eigenvalue weighted by Crippen LogP contribution is 2.22. The average Bonchev–Trinajstić information content (AvgIpc) is 2.60. The van der Waals surface area contributed by atoms with Gasteiger partial charge in [0, 0.05) is 10.6 Å². The number of nitrogens with zero attached hydrogens (tertiary/aromatic N) is 1. The lowest BCUT2D eigenvalue weighted by atomic mass is 10.0. The first-order valence-corrected chi connectivity index (χ1v) is 7.99. The molecule has 0 aliphatic carbocycles. The first kappa shape index (κ1) is 16.1. The molecule has 0 atom stereocenters. The Kier molecular flexibility index (Phi) is 5.14. The number of para-hydroxylation sites is 1. The molecule has 2 N–H and O–H groups in total. The normalized spacial score (nSPS) is 10.9. The molecule has 0 unspecified atom stereocenters. The molecule has 3 aromatic carbocycles. The van der Waals surface area contributed by atoms with Crippen molar-refractivity contribution in [1.82, 2.24) is 0 Å². The van der Waals surface area contributed by atoms with Crippen LogP contribution in [0.4, 0.5) is 5.69 Å². The number of hydrogen-bond acceptors (Lipinski definition) is 3. The summed E-state index contributed by atoms with van der Waals surface area (Å²) in [5.74, 6) is 0.191. The van der Waals surface area contributed by atoms with E-state index in [0.717, 1.165) is 21.8 Å². The van der Waals surface area contributed by atoms with Crippen molar-refractivity contribution in [3.63, 3.8) is 0 Å². The van der Waals surface area contributed by atoms with Gasteiger partial charge in [0.15, 0.2) is 0 Å². The molecule has 0 aliphatic rings. The van der Waals surface area contributed by atoms with Crippen LogP contribution in [0, 0.1) is 0 Å². The first-order valence-electron chi connectivity index (χ1n) is 7.62. The second-order valence-corrected chi connectivity index (χ2v) is 5.80. The largest absolute Gasteiger partial charge is 0.507 e. The second-order valence-electron chi connectivity index (χ2n) is 5.40. The number of hydrazone groups is 1. The molecule has 4 heteroatoms. The smallest absolute Gasteiger partial charge is 0.124 e. The second kappa shape index (κ2) is 7.66. The Morgan fingerprint density at radius 2 is 1.71 bits per heavy atom. The number of hydrogen-bond donors (Lipinski definition) is 2. The van der Waals surface area contributed by atoms with Gasteiger partial charge in [0.25, 0.3) is 0 Å². The van der Waals surface area contributed by atoms with Crippen LogP contribution in [0.25, 0.3) is 0 Å². The predicted molar refractivity (Wildman–Crippen MR) is 100 cm³/mol. The van der Waals surface area contributed by atoms with Gasteiger partial charge in [-0.15, -0.1) is 0 Å². The summed E-state index contributed by atoms with van der Waals surface area (Å²) in [6.07, 6.45) is 2.31. The molecule has 3 aromatic rings. The molecule has 0 spiro atoms. The fraction of sp³-hybridized carbons (Fsp3) is 0.0500. The molecule has 0 heterocycles. The molecule has 0 saturated heterocycles. The van der Waals surface area contributed by atoms with E-state index in [0.29, 0.717) is 12.0 Å². The van der Waals surface area contributed by atoms with E-state index in [4.69, 9.17) is 11.6 Å². The Bertz CT molecular complexity index is 847. The van der Waals surface area contributed by atoms with Gasteiger partial charge >= 0.3 is 0 Å². The number of phenols is 1. The summed E-state index contributed by atoms with van der Waals surface area (Å²) in [6.45, 7) is 0. The lowest BCUT2D eigenvalue weighted by molar-refractivity contribution is 0.474. The summed E-state index contributed by atoms with van der Waals surface area (Å²) in [4.78, 5) is 0. The molecular formula is C20H17ClN2O. The van der Waals surface area contributed by atoms with Gasteiger partial charge in [0.1, 0.15) is 5.75 Å². The zero-order valence-corrected chi connectivity index (χ0v) is 13.7. The third kappa shape index (κ3) is 4.15. The fourth-order valence-electron chi connectivity index (χ4n) is 2.37. The Morgan fingerprint density at radius 1 is 0.958 bits per heavy atom. The minimum absolute atomic E-state index is 0.191. The third-order valence-corrected chi connectivity index (χ3v) is 3.98. The van der Waals surface area contributed by atoms with E-state index in [1.807, 2.05) is 66.7 Å². The van der Waals surface area contributed by atoms with Crippen LogP contribution in [0.1, 0.15) is 16.7 Å². The zero-order valence-electron chi connectivity index (χ0n) is 13.0. The van der Waals surface area contributed by atoms with Crippen LogP contribution < -0.4 is 5.43 Å². The highest BCUT2D eigenvalue weighted by molar-refractivity contribution is 6.31. The summed E-state index contributed by atoms with van der Waals surface area (Å²) in [5.41, 5.74) is 6.59. The van der Waals surface area contributed by atoms with E-state index >= 15 is 0 Å². The Morgan fingerprint density at radius 3 is 2.50 bits per heavy atom. The Balaban J connectivity index is 1.75. The van der Waals surface area contributed by atoms with Crippen LogP contribution in [0.2, 0.25) is 5.02 Å². The van der Waals surface area contributed by atoms with E-state index in [1.54, 1.807) is 12.3 Å². The number of aromatic hydroxyl groups is 1. The monoisotopic (exact) mass is 336 g/mol. The van der Waals surface area contributed by atoms with Crippen LogP contribution in [-0.4, -0.2) is 11.3 Å². The Hall–Kier alpha value is -2.78. The highest BCUT2D eigenvalue weighted by atomic mass is 35.5. The standard InChI is InChI=1S/C20H17ClN2O/c21-19-9-5-4-6-16(19)12-15-10-11-20(24)17(13-15)14-22-23-18-7-2-1-3-8-18/h1-11,13-14,23-24H,12H2/b22-14+. The van der Waals surface area contributed by atoms with Gasteiger partial charge in [-0.1, -0.05) is 54.1 Å². The van der Waals surface area contributed by atoms with Crippen molar-refractivity contribution in [1.29, 1.82) is 0 Å². The van der Waals surface area contributed by atoms with E-state index in [-0.39, 0.29) is 5.75 Å². The summed E-state index contributed by atoms with van der Waals surface area (Å²) in [6, 6.07) is 22.9. The minimum atomic E-state index is 0.191. The van der Waals surface area contributed by atoms with E-state index in [2.05, 4.69) is 10.5 Å². The maximum absolute atomic E-state index is 10.0. The maximum atomic E-state index is 10.0. The van der Waals surface area contributed by atoms with Gasteiger partial charge < -0.3 is 5.11 Å². The van der Waals surface area contributed by atoms with E-state index in [9.17, 15) is 5.11 Å². The molecule has 3 nitrogen and oxygen atoms in total. The molecule has 3 rings (SSSR count). The molecule has 0 bridgehead atoms. The average molecular weight is 337 g/mol. The molecule has 0 amide bonds. The lowest BCUT2D eigenvalue weighted by Gasteiger charge is -2.07. The van der Waals surface area contributed by atoms with Crippen LogP contribution in [0.5, 0.6) is 5.75 Å². The van der Waals surface area contributed by atoms with Crippen LogP contribution >= 0.6 is 11.6 Å². The SMILES string of the molecule is Oc1ccc(Cc2ccccc2Cl)cc1/C=N/Nc1ccccc1. The molecule has 0 aromatic heterocycles. The minimum Gasteiger partial charge on any atom is -0.507 e. The highest BCUT2D eigenvalue weighted by Gasteiger charge is 2.04. The third-order valence-electron chi connectivity index (χ3n) is 3.62. The fourth-order valence-corrected chi connectivity index (χ4v) is 2.57. The van der Waals surface area contributed by atoms with E-state index < -0.39 is 0 Å². The van der Waals surface area contributed by atoms with Crippen molar-refractivity contribution in [2.45, 2.75) is 6.42 Å². The van der Waals surface area contributed by atoms with Crippen molar-refractivity contribution < 1.29 is 5.11 Å². The Labute approximate surface area is 146 Å². The van der Waals surface area contributed by atoms with E-state index in [1.165, 1.54) is 0 Å². The van der Waals surface area contributed by atoms with Gasteiger partial charge in [0.05, 0.1) is 11.9 Å². The number of benzene rings is 3. The van der Waals surface area contributed by atoms with Gasteiger partial charge in [-0.3, -0.25) is 5.43 Å². The molecule has 0 fully saturated rings. The first-order chi connectivity index (χ1) is 11.7. The molecule has 0 radical (unpaired) electrons. The van der Waals surface area contributed by atoms with Crippen molar-refractivity contribution in [2.24, 2.45) is 5.10 Å². The van der Waals surface area contributed by atoms with Crippen molar-refractivity contribution >= 4 is 23.5 Å². The van der Waals surface area contributed by atoms with Gasteiger partial charge in [-0.2, -0.15) is 5.10 Å². The van der Waals surface area contributed by atoms with Crippen LogP contribution in [-0.2, 0) is 6.42 Å². The molecule has 0 aliphatic heterocycles. The van der Waals surface area contributed by atoms with Crippen LogP contribution in [0.15, 0.2) is 77.9 Å². The molecular weight excluding hydrogens is 320 g/mol. The summed E-state index contributed by atoms with van der Waals surface area (Å²) >= 11 is 6.21. The van der Waals surface area contributed by atoms with Gasteiger partial charge in [0.2, 0.25) is 0 Å². The van der Waals surface area contributed by atoms with Crippen molar-refractivity contribution in [3.8, 4) is 5.75 Å². The number of phenolic OH excluding ortho intramolecular Hbond substituents is 1. The van der Waals surface area contributed by atoms with Crippen LogP contribution in [0.3, 0.4) is 0 Å². The van der Waals surface area contributed by atoms with Crippen molar-refractivity contribution in [3.05, 3.63) is 94.5 Å². The van der Waals surface area contributed by atoms with Crippen molar-refractivity contribution in [2.75, 3.05) is 5.43 Å². The number of anilines is 1. The molecule has 0 saturated carbocycles. The maximum Gasteiger partial charge on any atom is 0.124 e. The summed E-state index contributed by atoms with van der Waals surface area (Å²) < 4.78 is 0. The zero-order chi connectivity index (χ0) is 16.8. The lowest BCUT2D eigenvalue weighted by Crippen LogP contribution is -1.94. The summed E-state index contributed by atoms with van der Waals surface area (Å²) in [7, 11) is 0. The number of halogens is 1. The quantitative estimate of drug-likeness (QED) is 0.504. The predicted octanol–water partition coefficient (Wildman–Crippen LogP) is 5.08. The molecule has 120 valence electrons. The van der Waals surface area contributed by atoms with Gasteiger partial charge in [-0.05, 0) is 47.9 Å². The summed E-state index contributed by atoms with van der Waals surface area (Å²) in [5, 5.41) is 14.9. The number of rotatable bonds is 5. The van der Waals surface area contributed by atoms with Gasteiger partial charge in [-0.25, -0.2) is 0 Å². The molecule has 24 heavy (non-hydrogen) atoms. The number of nitrogens with one attached hydrogen (secondary N) is 1. The topological polar surface area (TPSA) is 44.6 Å².